The summed E-state index contributed by atoms with van der Waals surface area (Å²) in [6.07, 6.45) is 6.09. The van der Waals surface area contributed by atoms with Crippen LogP contribution in [0.3, 0.4) is 0 Å². The number of nitrogens with one attached hydrogen (secondary N) is 1. The molecule has 0 radical (unpaired) electrons. The molecule has 0 saturated carbocycles. The lowest BCUT2D eigenvalue weighted by Gasteiger charge is -2.12. The second kappa shape index (κ2) is 10.4. The fraction of sp³-hybridized carbons (Fsp3) is 0.833. The van der Waals surface area contributed by atoms with E-state index in [2.05, 4.69) is 12.2 Å². The summed E-state index contributed by atoms with van der Waals surface area (Å²) in [6.45, 7) is 3.52. The van der Waals surface area contributed by atoms with Gasteiger partial charge < -0.3 is 10.4 Å². The van der Waals surface area contributed by atoms with Gasteiger partial charge in [-0.15, -0.1) is 0 Å². The van der Waals surface area contributed by atoms with Gasteiger partial charge in [-0.25, -0.2) is 4.79 Å². The summed E-state index contributed by atoms with van der Waals surface area (Å²) in [5.74, 6) is 0.162. The number of carbonyl (C=O) groups is 2. The molecule has 0 rings (SSSR count). The van der Waals surface area contributed by atoms with Gasteiger partial charge in [0.1, 0.15) is 6.04 Å². The zero-order chi connectivity index (χ0) is 13.1. The molecule has 100 valence electrons. The molecular weight excluding hydrogens is 238 g/mol. The Bertz CT molecular complexity index is 234. The highest BCUT2D eigenvalue weighted by molar-refractivity contribution is 7.99. The monoisotopic (exact) mass is 261 g/mol. The standard InChI is InChI=1S/C12H23NO3S/c1-3-4-5-6-7-8-17-9-11(12(15)16)13-10(2)14/h11H,3-9H2,1-2H3,(H,13,14)(H,15,16)/t11-/m0/s1. The molecular formula is C12H23NO3S. The normalized spacial score (nSPS) is 12.1. The molecule has 0 heterocycles. The highest BCUT2D eigenvalue weighted by Gasteiger charge is 2.17. The lowest BCUT2D eigenvalue weighted by molar-refractivity contribution is -0.140. The van der Waals surface area contributed by atoms with E-state index in [9.17, 15) is 9.59 Å². The Morgan fingerprint density at radius 3 is 2.41 bits per heavy atom. The maximum absolute atomic E-state index is 10.8. The summed E-state index contributed by atoms with van der Waals surface area (Å²) < 4.78 is 0. The molecule has 0 aromatic heterocycles. The van der Waals surface area contributed by atoms with Gasteiger partial charge >= 0.3 is 5.97 Å². The van der Waals surface area contributed by atoms with Crippen LogP contribution < -0.4 is 5.32 Å². The van der Waals surface area contributed by atoms with Crippen LogP contribution in [0.25, 0.3) is 0 Å². The van der Waals surface area contributed by atoms with Crippen molar-refractivity contribution in [3.8, 4) is 0 Å². The van der Waals surface area contributed by atoms with Crippen molar-refractivity contribution in [2.24, 2.45) is 0 Å². The van der Waals surface area contributed by atoms with Crippen molar-refractivity contribution in [1.29, 1.82) is 0 Å². The average molecular weight is 261 g/mol. The van der Waals surface area contributed by atoms with Crippen LogP contribution in [0.5, 0.6) is 0 Å². The van der Waals surface area contributed by atoms with Gasteiger partial charge in [-0.1, -0.05) is 32.6 Å². The fourth-order valence-corrected chi connectivity index (χ4v) is 2.47. The van der Waals surface area contributed by atoms with Crippen LogP contribution >= 0.6 is 11.8 Å². The third kappa shape index (κ3) is 10.2. The summed E-state index contributed by atoms with van der Waals surface area (Å²) in [5, 5.41) is 11.3. The van der Waals surface area contributed by atoms with Crippen molar-refractivity contribution in [1.82, 2.24) is 5.32 Å². The maximum atomic E-state index is 10.8. The van der Waals surface area contributed by atoms with E-state index < -0.39 is 12.0 Å². The number of rotatable bonds is 10. The summed E-state index contributed by atoms with van der Waals surface area (Å²) in [5.41, 5.74) is 0. The first-order chi connectivity index (χ1) is 8.07. The van der Waals surface area contributed by atoms with Crippen LogP contribution in [0.2, 0.25) is 0 Å². The van der Waals surface area contributed by atoms with Gasteiger partial charge in [0.2, 0.25) is 5.91 Å². The summed E-state index contributed by atoms with van der Waals surface area (Å²) in [6, 6.07) is -0.756. The molecule has 0 saturated heterocycles. The van der Waals surface area contributed by atoms with E-state index >= 15 is 0 Å². The number of carbonyl (C=O) groups excluding carboxylic acids is 1. The molecule has 1 atom stereocenters. The third-order valence-electron chi connectivity index (χ3n) is 2.35. The predicted octanol–water partition coefficient (Wildman–Crippen LogP) is 2.28. The van der Waals surface area contributed by atoms with Crippen LogP contribution in [0, 0.1) is 0 Å². The van der Waals surface area contributed by atoms with E-state index in [0.29, 0.717) is 5.75 Å². The number of carboxylic acids is 1. The molecule has 0 aromatic carbocycles. The molecule has 1 amide bonds. The van der Waals surface area contributed by atoms with E-state index in [1.165, 1.54) is 32.6 Å². The number of amides is 1. The molecule has 4 nitrogen and oxygen atoms in total. The Hall–Kier alpha value is -0.710. The Kier molecular flexibility index (Phi) is 10.0. The molecule has 2 N–H and O–H groups in total. The van der Waals surface area contributed by atoms with E-state index in [1.54, 1.807) is 11.8 Å². The van der Waals surface area contributed by atoms with Gasteiger partial charge in [0.15, 0.2) is 0 Å². The van der Waals surface area contributed by atoms with Gasteiger partial charge in [0, 0.05) is 12.7 Å². The van der Waals surface area contributed by atoms with Gasteiger partial charge in [0.05, 0.1) is 0 Å². The van der Waals surface area contributed by atoms with Crippen molar-refractivity contribution < 1.29 is 14.7 Å². The van der Waals surface area contributed by atoms with Gasteiger partial charge in [-0.3, -0.25) is 4.79 Å². The molecule has 0 unspecified atom stereocenters. The van der Waals surface area contributed by atoms with Gasteiger partial charge in [0.25, 0.3) is 0 Å². The van der Waals surface area contributed by atoms with E-state index in [4.69, 9.17) is 5.11 Å². The van der Waals surface area contributed by atoms with Crippen LogP contribution in [0.15, 0.2) is 0 Å². The molecule has 5 heteroatoms. The number of thioether (sulfide) groups is 1. The summed E-state index contributed by atoms with van der Waals surface area (Å²) in [7, 11) is 0. The van der Waals surface area contributed by atoms with Crippen molar-refractivity contribution in [3.63, 3.8) is 0 Å². The quantitative estimate of drug-likeness (QED) is 0.592. The van der Waals surface area contributed by atoms with Crippen LogP contribution in [0.4, 0.5) is 0 Å². The Balaban J connectivity index is 3.55. The number of carboxylic acid groups (broad SMARTS) is 1. The minimum atomic E-state index is -0.960. The zero-order valence-corrected chi connectivity index (χ0v) is 11.5. The van der Waals surface area contributed by atoms with Gasteiger partial charge in [-0.2, -0.15) is 11.8 Å². The lowest BCUT2D eigenvalue weighted by atomic mass is 10.2. The first-order valence-corrected chi connectivity index (χ1v) is 7.31. The minimum absolute atomic E-state index is 0.291. The summed E-state index contributed by atoms with van der Waals surface area (Å²) >= 11 is 1.59. The Morgan fingerprint density at radius 2 is 1.88 bits per heavy atom. The second-order valence-corrected chi connectivity index (χ2v) is 5.23. The molecule has 0 bridgehead atoms. The molecule has 0 aliphatic heterocycles. The third-order valence-corrected chi connectivity index (χ3v) is 3.50. The van der Waals surface area contributed by atoms with Crippen LogP contribution in [0.1, 0.15) is 46.0 Å². The molecule has 0 spiro atoms. The fourth-order valence-electron chi connectivity index (χ4n) is 1.43. The number of aliphatic carboxylic acids is 1. The van der Waals surface area contributed by atoms with E-state index in [0.717, 1.165) is 12.2 Å². The predicted molar refractivity (Wildman–Crippen MR) is 71.3 cm³/mol. The maximum Gasteiger partial charge on any atom is 0.327 e. The smallest absolute Gasteiger partial charge is 0.327 e. The van der Waals surface area contributed by atoms with Crippen molar-refractivity contribution in [3.05, 3.63) is 0 Å². The first-order valence-electron chi connectivity index (χ1n) is 6.15. The largest absolute Gasteiger partial charge is 0.480 e. The molecule has 0 aliphatic carbocycles. The molecule has 0 aliphatic rings. The zero-order valence-electron chi connectivity index (χ0n) is 10.7. The minimum Gasteiger partial charge on any atom is -0.480 e. The topological polar surface area (TPSA) is 66.4 Å². The van der Waals surface area contributed by atoms with E-state index in [-0.39, 0.29) is 5.91 Å². The van der Waals surface area contributed by atoms with E-state index in [1.807, 2.05) is 0 Å². The Labute approximate surface area is 108 Å². The highest BCUT2D eigenvalue weighted by atomic mass is 32.2. The molecule has 0 aromatic rings. The number of unbranched alkanes of at least 4 members (excludes halogenated alkanes) is 4. The highest BCUT2D eigenvalue weighted by Crippen LogP contribution is 2.10. The summed E-state index contributed by atoms with van der Waals surface area (Å²) in [4.78, 5) is 21.6. The average Bonchev–Trinajstić information content (AvgIpc) is 2.25. The molecule has 17 heavy (non-hydrogen) atoms. The van der Waals surface area contributed by atoms with Crippen LogP contribution in [-0.2, 0) is 9.59 Å². The van der Waals surface area contributed by atoms with Gasteiger partial charge in [-0.05, 0) is 12.2 Å². The second-order valence-electron chi connectivity index (χ2n) is 4.08. The number of hydrogen-bond acceptors (Lipinski definition) is 3. The molecule has 0 fully saturated rings. The number of hydrogen-bond donors (Lipinski definition) is 2. The SMILES string of the molecule is CCCCCCCSC[C@H](NC(C)=O)C(=O)O. The van der Waals surface area contributed by atoms with Crippen LogP contribution in [-0.4, -0.2) is 34.5 Å². The van der Waals surface area contributed by atoms with Crippen molar-refractivity contribution in [2.45, 2.75) is 52.0 Å². The lowest BCUT2D eigenvalue weighted by Crippen LogP contribution is -2.41. The first kappa shape index (κ1) is 16.3. The van der Waals surface area contributed by atoms with Crippen molar-refractivity contribution in [2.75, 3.05) is 11.5 Å². The van der Waals surface area contributed by atoms with Crippen molar-refractivity contribution >= 4 is 23.6 Å². The Morgan fingerprint density at radius 1 is 1.24 bits per heavy atom.